The van der Waals surface area contributed by atoms with Gasteiger partial charge in [-0.2, -0.15) is 0 Å². The van der Waals surface area contributed by atoms with Crippen molar-refractivity contribution in [3.8, 4) is 0 Å². The molecule has 0 unspecified atom stereocenters. The van der Waals surface area contributed by atoms with E-state index in [0.29, 0.717) is 16.5 Å². The van der Waals surface area contributed by atoms with E-state index in [9.17, 15) is 9.59 Å². The lowest BCUT2D eigenvalue weighted by Gasteiger charge is -2.20. The van der Waals surface area contributed by atoms with E-state index >= 15 is 0 Å². The third kappa shape index (κ3) is 2.18. The van der Waals surface area contributed by atoms with Crippen LogP contribution in [0.2, 0.25) is 0 Å². The summed E-state index contributed by atoms with van der Waals surface area (Å²) in [4.78, 5) is 26.0. The fraction of sp³-hybridized carbons (Fsp3) is 0.647. The maximum Gasteiger partial charge on any atom is 0.341 e. The van der Waals surface area contributed by atoms with Crippen molar-refractivity contribution in [2.24, 2.45) is 17.8 Å². The fourth-order valence-corrected chi connectivity index (χ4v) is 5.86. The Hall–Kier alpha value is -1.36. The Bertz CT molecular complexity index is 636. The Morgan fingerprint density at radius 2 is 2.09 bits per heavy atom. The molecule has 22 heavy (non-hydrogen) atoms. The second kappa shape index (κ2) is 5.37. The van der Waals surface area contributed by atoms with Gasteiger partial charge in [-0.05, 0) is 55.9 Å². The van der Waals surface area contributed by atoms with Crippen LogP contribution in [-0.2, 0) is 22.4 Å². The zero-order chi connectivity index (χ0) is 15.3. The lowest BCUT2D eigenvalue weighted by Crippen LogP contribution is -2.27. The second-order valence-electron chi connectivity index (χ2n) is 6.82. The molecule has 0 radical (unpaired) electrons. The number of methoxy groups -OCH3 is 1. The zero-order valence-corrected chi connectivity index (χ0v) is 13.6. The summed E-state index contributed by atoms with van der Waals surface area (Å²) in [5, 5.41) is 3.77. The largest absolute Gasteiger partial charge is 0.465 e. The van der Waals surface area contributed by atoms with Crippen molar-refractivity contribution in [1.29, 1.82) is 0 Å². The van der Waals surface area contributed by atoms with Crippen LogP contribution >= 0.6 is 11.3 Å². The van der Waals surface area contributed by atoms with Crippen LogP contribution in [0.3, 0.4) is 0 Å². The van der Waals surface area contributed by atoms with Gasteiger partial charge < -0.3 is 10.1 Å². The summed E-state index contributed by atoms with van der Waals surface area (Å²) in [5.41, 5.74) is 1.71. The first-order chi connectivity index (χ1) is 10.7. The molecule has 0 saturated heterocycles. The van der Waals surface area contributed by atoms with Gasteiger partial charge >= 0.3 is 5.97 Å². The number of amides is 1. The number of esters is 1. The number of hydrogen-bond acceptors (Lipinski definition) is 4. The number of fused-ring (bicyclic) bond motifs is 3. The molecule has 0 spiro atoms. The van der Waals surface area contributed by atoms with Crippen molar-refractivity contribution in [3.63, 3.8) is 0 Å². The highest BCUT2D eigenvalue weighted by Crippen LogP contribution is 2.49. The van der Waals surface area contributed by atoms with Gasteiger partial charge in [0.2, 0.25) is 5.91 Å². The van der Waals surface area contributed by atoms with E-state index in [1.54, 1.807) is 11.3 Å². The van der Waals surface area contributed by atoms with Crippen LogP contribution in [-0.4, -0.2) is 19.0 Å². The maximum atomic E-state index is 12.6. The highest BCUT2D eigenvalue weighted by Gasteiger charge is 2.43. The van der Waals surface area contributed by atoms with Crippen molar-refractivity contribution >= 4 is 28.2 Å². The van der Waals surface area contributed by atoms with Crippen molar-refractivity contribution in [2.45, 2.75) is 44.9 Å². The van der Waals surface area contributed by atoms with Gasteiger partial charge in [0, 0.05) is 10.8 Å². The van der Waals surface area contributed by atoms with Gasteiger partial charge in [-0.1, -0.05) is 6.42 Å². The van der Waals surface area contributed by atoms with Crippen molar-refractivity contribution in [1.82, 2.24) is 0 Å². The number of anilines is 1. The molecule has 4 nitrogen and oxygen atoms in total. The molecule has 1 amide bonds. The smallest absolute Gasteiger partial charge is 0.341 e. The molecule has 1 N–H and O–H groups in total. The molecule has 4 rings (SSSR count). The first-order valence-corrected chi connectivity index (χ1v) is 9.02. The maximum absolute atomic E-state index is 12.6. The van der Waals surface area contributed by atoms with Crippen LogP contribution in [0.15, 0.2) is 0 Å². The molecule has 0 aliphatic heterocycles. The zero-order valence-electron chi connectivity index (χ0n) is 12.8. The van der Waals surface area contributed by atoms with Crippen LogP contribution in [0.5, 0.6) is 0 Å². The van der Waals surface area contributed by atoms with E-state index in [-0.39, 0.29) is 17.8 Å². The summed E-state index contributed by atoms with van der Waals surface area (Å²) < 4.78 is 4.93. The minimum Gasteiger partial charge on any atom is -0.465 e. The fourth-order valence-electron chi connectivity index (χ4n) is 4.58. The monoisotopic (exact) mass is 319 g/mol. The Morgan fingerprint density at radius 3 is 2.77 bits per heavy atom. The summed E-state index contributed by atoms with van der Waals surface area (Å²) in [6.45, 7) is 0. The molecular weight excluding hydrogens is 298 g/mol. The van der Waals surface area contributed by atoms with Gasteiger partial charge in [0.1, 0.15) is 5.00 Å². The van der Waals surface area contributed by atoms with E-state index in [4.69, 9.17) is 4.74 Å². The summed E-state index contributed by atoms with van der Waals surface area (Å²) in [7, 11) is 1.41. The van der Waals surface area contributed by atoms with Crippen LogP contribution in [0, 0.1) is 17.8 Å². The molecule has 118 valence electrons. The molecule has 3 aliphatic carbocycles. The third-order valence-electron chi connectivity index (χ3n) is 5.62. The Morgan fingerprint density at radius 1 is 1.23 bits per heavy atom. The van der Waals surface area contributed by atoms with E-state index in [0.717, 1.165) is 37.2 Å². The number of hydrogen-bond donors (Lipinski definition) is 1. The summed E-state index contributed by atoms with van der Waals surface area (Å²) in [6.07, 6.45) is 7.72. The average molecular weight is 319 g/mol. The summed E-state index contributed by atoms with van der Waals surface area (Å²) in [6, 6.07) is 0. The topological polar surface area (TPSA) is 55.4 Å². The van der Waals surface area contributed by atoms with E-state index < -0.39 is 0 Å². The van der Waals surface area contributed by atoms with Gasteiger partial charge in [0.25, 0.3) is 0 Å². The Labute approximate surface area is 134 Å². The Balaban J connectivity index is 1.58. The van der Waals surface area contributed by atoms with Gasteiger partial charge in [-0.15, -0.1) is 11.3 Å². The molecule has 3 atom stereocenters. The summed E-state index contributed by atoms with van der Waals surface area (Å²) in [5.74, 6) is 1.23. The molecule has 2 bridgehead atoms. The van der Waals surface area contributed by atoms with Crippen molar-refractivity contribution in [3.05, 3.63) is 16.0 Å². The van der Waals surface area contributed by atoms with Crippen molar-refractivity contribution < 1.29 is 14.3 Å². The number of nitrogens with one attached hydrogen (secondary N) is 1. The van der Waals surface area contributed by atoms with E-state index in [1.807, 2.05) is 0 Å². The van der Waals surface area contributed by atoms with E-state index in [1.165, 1.54) is 31.2 Å². The minimum absolute atomic E-state index is 0.109. The lowest BCUT2D eigenvalue weighted by molar-refractivity contribution is -0.121. The molecule has 0 aromatic carbocycles. The third-order valence-corrected chi connectivity index (χ3v) is 6.83. The number of rotatable bonds is 3. The van der Waals surface area contributed by atoms with Gasteiger partial charge in [-0.25, -0.2) is 4.79 Å². The average Bonchev–Trinajstić information content (AvgIpc) is 3.26. The number of ether oxygens (including phenoxy) is 1. The molecule has 2 fully saturated rings. The summed E-state index contributed by atoms with van der Waals surface area (Å²) >= 11 is 1.57. The Kier molecular flexibility index (Phi) is 3.48. The van der Waals surface area contributed by atoms with Gasteiger partial charge in [-0.3, -0.25) is 4.79 Å². The predicted octanol–water partition coefficient (Wildman–Crippen LogP) is 3.40. The van der Waals surface area contributed by atoms with Crippen LogP contribution in [0.4, 0.5) is 5.00 Å². The molecular formula is C17H21NO3S. The quantitative estimate of drug-likeness (QED) is 0.869. The molecule has 1 aromatic heterocycles. The first kappa shape index (κ1) is 14.2. The standard InChI is InChI=1S/C17H21NO3S/c1-21-17(20)14-11-3-2-4-13(11)22-16(14)18-15(19)12-8-9-5-6-10(12)7-9/h9-10,12H,2-8H2,1H3,(H,18,19)/t9-,10+,12+/m1/s1. The normalized spacial score (nSPS) is 28.7. The van der Waals surface area contributed by atoms with Crippen LogP contribution in [0.1, 0.15) is 52.9 Å². The van der Waals surface area contributed by atoms with Crippen molar-refractivity contribution in [2.75, 3.05) is 12.4 Å². The number of aryl methyl sites for hydroxylation is 1. The van der Waals surface area contributed by atoms with Crippen LogP contribution < -0.4 is 5.32 Å². The second-order valence-corrected chi connectivity index (χ2v) is 7.93. The van der Waals surface area contributed by atoms with Gasteiger partial charge in [0.05, 0.1) is 12.7 Å². The highest BCUT2D eigenvalue weighted by atomic mass is 32.1. The van der Waals surface area contributed by atoms with E-state index in [2.05, 4.69) is 5.32 Å². The number of carbonyl (C=O) groups excluding carboxylic acids is 2. The lowest BCUT2D eigenvalue weighted by atomic mass is 9.88. The first-order valence-electron chi connectivity index (χ1n) is 8.21. The van der Waals surface area contributed by atoms with Crippen LogP contribution in [0.25, 0.3) is 0 Å². The molecule has 1 heterocycles. The minimum atomic E-state index is -0.317. The highest BCUT2D eigenvalue weighted by molar-refractivity contribution is 7.17. The van der Waals surface area contributed by atoms with Gasteiger partial charge in [0.15, 0.2) is 0 Å². The predicted molar refractivity (Wildman–Crippen MR) is 85.3 cm³/mol. The SMILES string of the molecule is COC(=O)c1c(NC(=O)[C@H]2C[C@@H]3CC[C@H]2C3)sc2c1CCC2. The molecule has 1 aromatic rings. The number of thiophene rings is 1. The molecule has 2 saturated carbocycles. The number of carbonyl (C=O) groups is 2. The molecule has 5 heteroatoms. The molecule has 3 aliphatic rings.